The van der Waals surface area contributed by atoms with Crippen LogP contribution in [0, 0.1) is 11.8 Å². The van der Waals surface area contributed by atoms with E-state index in [0.717, 1.165) is 0 Å². The second-order valence-corrected chi connectivity index (χ2v) is 3.71. The van der Waals surface area contributed by atoms with Gasteiger partial charge in [-0.25, -0.2) is 0 Å². The number of nitrogens with two attached hydrogens (primary N) is 2. The van der Waals surface area contributed by atoms with Gasteiger partial charge in [-0.1, -0.05) is 27.7 Å². The minimum Gasteiger partial charge on any atom is -0.316 e. The first-order chi connectivity index (χ1) is 4.95. The molecule has 0 bridgehead atoms. The van der Waals surface area contributed by atoms with Crippen LogP contribution in [0.15, 0.2) is 0 Å². The van der Waals surface area contributed by atoms with Crippen molar-refractivity contribution in [3.63, 3.8) is 0 Å². The summed E-state index contributed by atoms with van der Waals surface area (Å²) in [5.74, 6) is 0.861. The van der Waals surface area contributed by atoms with Gasteiger partial charge >= 0.3 is 0 Å². The fourth-order valence-corrected chi connectivity index (χ4v) is 0.607. The minimum atomic E-state index is 0.00685. The molecule has 0 aromatic carbocycles. The zero-order chi connectivity index (χ0) is 9.02. The summed E-state index contributed by atoms with van der Waals surface area (Å²) in [6, 6.07) is 0. The SMILES string of the molecule is CC(C)C(N)NC(N)C(C)C. The molecule has 0 aliphatic rings. The van der Waals surface area contributed by atoms with E-state index in [9.17, 15) is 0 Å². The predicted molar refractivity (Wildman–Crippen MR) is 48.8 cm³/mol. The van der Waals surface area contributed by atoms with Crippen molar-refractivity contribution in [2.75, 3.05) is 0 Å². The maximum absolute atomic E-state index is 5.76. The van der Waals surface area contributed by atoms with E-state index in [4.69, 9.17) is 11.5 Å². The maximum Gasteiger partial charge on any atom is 0.0582 e. The molecule has 11 heavy (non-hydrogen) atoms. The Hall–Kier alpha value is -0.120. The monoisotopic (exact) mass is 159 g/mol. The van der Waals surface area contributed by atoms with E-state index in [1.165, 1.54) is 0 Å². The van der Waals surface area contributed by atoms with E-state index < -0.39 is 0 Å². The van der Waals surface area contributed by atoms with Crippen LogP contribution < -0.4 is 16.8 Å². The molecule has 0 rings (SSSR count). The van der Waals surface area contributed by atoms with Gasteiger partial charge in [-0.2, -0.15) is 0 Å². The molecule has 0 aromatic rings. The molecule has 0 aliphatic heterocycles. The Kier molecular flexibility index (Phi) is 4.65. The van der Waals surface area contributed by atoms with Crippen LogP contribution in [0.4, 0.5) is 0 Å². The zero-order valence-corrected chi connectivity index (χ0v) is 7.96. The molecule has 3 nitrogen and oxygen atoms in total. The Balaban J connectivity index is 3.66. The summed E-state index contributed by atoms with van der Waals surface area (Å²) in [7, 11) is 0. The van der Waals surface area contributed by atoms with Crippen molar-refractivity contribution in [3.05, 3.63) is 0 Å². The molecule has 0 aliphatic carbocycles. The molecule has 0 radical (unpaired) electrons. The van der Waals surface area contributed by atoms with Gasteiger partial charge < -0.3 is 11.5 Å². The summed E-state index contributed by atoms with van der Waals surface area (Å²) < 4.78 is 0. The van der Waals surface area contributed by atoms with E-state index in [0.29, 0.717) is 11.8 Å². The lowest BCUT2D eigenvalue weighted by atomic mass is 10.1. The quantitative estimate of drug-likeness (QED) is 0.522. The van der Waals surface area contributed by atoms with Crippen molar-refractivity contribution in [1.82, 2.24) is 5.32 Å². The van der Waals surface area contributed by atoms with Crippen molar-refractivity contribution in [2.24, 2.45) is 23.3 Å². The van der Waals surface area contributed by atoms with Crippen LogP contribution in [-0.4, -0.2) is 12.3 Å². The number of nitrogens with one attached hydrogen (secondary N) is 1. The van der Waals surface area contributed by atoms with E-state index >= 15 is 0 Å². The van der Waals surface area contributed by atoms with E-state index in [-0.39, 0.29) is 12.3 Å². The zero-order valence-electron chi connectivity index (χ0n) is 7.96. The van der Waals surface area contributed by atoms with Gasteiger partial charge in [0.15, 0.2) is 0 Å². The summed E-state index contributed by atoms with van der Waals surface area (Å²) in [6.07, 6.45) is 0.0137. The highest BCUT2D eigenvalue weighted by Gasteiger charge is 2.13. The van der Waals surface area contributed by atoms with Crippen LogP contribution in [0.1, 0.15) is 27.7 Å². The number of hydrogen-bond donors (Lipinski definition) is 3. The van der Waals surface area contributed by atoms with Crippen LogP contribution in [0.3, 0.4) is 0 Å². The molecule has 0 heterocycles. The van der Waals surface area contributed by atoms with Crippen molar-refractivity contribution in [2.45, 2.75) is 40.0 Å². The maximum atomic E-state index is 5.76. The van der Waals surface area contributed by atoms with E-state index in [1.54, 1.807) is 0 Å². The summed E-state index contributed by atoms with van der Waals surface area (Å²) in [6.45, 7) is 8.30. The first-order valence-corrected chi connectivity index (χ1v) is 4.22. The first-order valence-electron chi connectivity index (χ1n) is 4.22. The first kappa shape index (κ1) is 10.9. The minimum absolute atomic E-state index is 0.00685. The highest BCUT2D eigenvalue weighted by Crippen LogP contribution is 1.99. The van der Waals surface area contributed by atoms with E-state index in [1.807, 2.05) is 0 Å². The van der Waals surface area contributed by atoms with Gasteiger partial charge in [0.05, 0.1) is 12.3 Å². The number of hydrogen-bond acceptors (Lipinski definition) is 3. The second kappa shape index (κ2) is 4.70. The third kappa shape index (κ3) is 4.35. The lowest BCUT2D eigenvalue weighted by molar-refractivity contribution is 0.315. The molecule has 0 fully saturated rings. The van der Waals surface area contributed by atoms with Gasteiger partial charge in [-0.3, -0.25) is 5.32 Å². The van der Waals surface area contributed by atoms with Gasteiger partial charge in [0.2, 0.25) is 0 Å². The normalized spacial score (nSPS) is 17.5. The largest absolute Gasteiger partial charge is 0.316 e. The smallest absolute Gasteiger partial charge is 0.0582 e. The summed E-state index contributed by atoms with van der Waals surface area (Å²) >= 11 is 0. The molecule has 0 saturated heterocycles. The van der Waals surface area contributed by atoms with E-state index in [2.05, 4.69) is 33.0 Å². The molecule has 68 valence electrons. The molecule has 0 aromatic heterocycles. The van der Waals surface area contributed by atoms with Crippen molar-refractivity contribution < 1.29 is 0 Å². The van der Waals surface area contributed by atoms with Crippen molar-refractivity contribution in [1.29, 1.82) is 0 Å². The third-order valence-corrected chi connectivity index (χ3v) is 1.82. The standard InChI is InChI=1S/C8H21N3/c1-5(2)7(9)11-8(10)6(3)4/h5-8,11H,9-10H2,1-4H3. The molecule has 5 N–H and O–H groups in total. The third-order valence-electron chi connectivity index (χ3n) is 1.82. The molecular formula is C8H21N3. The summed E-state index contributed by atoms with van der Waals surface area (Å²) in [5.41, 5.74) is 11.5. The fraction of sp³-hybridized carbons (Fsp3) is 1.00. The summed E-state index contributed by atoms with van der Waals surface area (Å²) in [4.78, 5) is 0. The molecular weight excluding hydrogens is 138 g/mol. The highest BCUT2D eigenvalue weighted by atomic mass is 15.1. The molecule has 3 heteroatoms. The Labute approximate surface area is 69.5 Å². The lowest BCUT2D eigenvalue weighted by Crippen LogP contribution is -2.53. The van der Waals surface area contributed by atoms with Gasteiger partial charge in [-0.05, 0) is 11.8 Å². The predicted octanol–water partition coefficient (Wildman–Crippen LogP) is 0.458. The van der Waals surface area contributed by atoms with Crippen LogP contribution >= 0.6 is 0 Å². The topological polar surface area (TPSA) is 64.1 Å². The molecule has 0 spiro atoms. The highest BCUT2D eigenvalue weighted by molar-refractivity contribution is 4.69. The van der Waals surface area contributed by atoms with Crippen LogP contribution in [-0.2, 0) is 0 Å². The average Bonchev–Trinajstić information content (AvgIpc) is 1.87. The summed E-state index contributed by atoms with van der Waals surface area (Å²) in [5, 5.41) is 3.13. The van der Waals surface area contributed by atoms with Gasteiger partial charge in [0, 0.05) is 0 Å². The Bertz CT molecular complexity index is 89.5. The number of rotatable bonds is 4. The van der Waals surface area contributed by atoms with Gasteiger partial charge in [-0.15, -0.1) is 0 Å². The van der Waals surface area contributed by atoms with Crippen molar-refractivity contribution >= 4 is 0 Å². The van der Waals surface area contributed by atoms with Crippen LogP contribution in [0.2, 0.25) is 0 Å². The molecule has 0 amide bonds. The van der Waals surface area contributed by atoms with Crippen LogP contribution in [0.25, 0.3) is 0 Å². The molecule has 2 unspecified atom stereocenters. The second-order valence-electron chi connectivity index (χ2n) is 3.71. The average molecular weight is 159 g/mol. The molecule has 0 saturated carbocycles. The Morgan fingerprint density at radius 3 is 1.27 bits per heavy atom. The fourth-order valence-electron chi connectivity index (χ4n) is 0.607. The lowest BCUT2D eigenvalue weighted by Gasteiger charge is -2.24. The Morgan fingerprint density at radius 1 is 0.818 bits per heavy atom. The van der Waals surface area contributed by atoms with Crippen molar-refractivity contribution in [3.8, 4) is 0 Å². The molecule has 2 atom stereocenters. The van der Waals surface area contributed by atoms with Gasteiger partial charge in [0.1, 0.15) is 0 Å². The Morgan fingerprint density at radius 2 is 1.09 bits per heavy atom. The van der Waals surface area contributed by atoms with Crippen LogP contribution in [0.5, 0.6) is 0 Å². The van der Waals surface area contributed by atoms with Gasteiger partial charge in [0.25, 0.3) is 0 Å².